The molecule has 72 valence electrons. The van der Waals surface area contributed by atoms with Crippen LogP contribution in [-0.2, 0) is 0 Å². The average molecular weight is 192 g/mol. The number of aromatic nitrogens is 2. The Labute approximate surface area is 79.2 Å². The molecule has 2 rings (SSSR count). The molecule has 0 atom stereocenters. The molecule has 0 unspecified atom stereocenters. The molecule has 0 spiro atoms. The lowest BCUT2D eigenvalue weighted by Crippen LogP contribution is -2.01. The maximum atomic E-state index is 10.8. The van der Waals surface area contributed by atoms with Crippen molar-refractivity contribution in [3.63, 3.8) is 0 Å². The lowest BCUT2D eigenvalue weighted by Gasteiger charge is -2.00. The summed E-state index contributed by atoms with van der Waals surface area (Å²) in [7, 11) is 0. The van der Waals surface area contributed by atoms with E-state index < -0.39 is 5.97 Å². The molecule has 0 saturated carbocycles. The van der Waals surface area contributed by atoms with Gasteiger partial charge in [-0.2, -0.15) is 4.98 Å². The second kappa shape index (κ2) is 2.73. The molecular weight excluding hydrogens is 184 g/mol. The van der Waals surface area contributed by atoms with E-state index in [-0.39, 0.29) is 11.4 Å². The predicted molar refractivity (Wildman–Crippen MR) is 48.6 cm³/mol. The minimum absolute atomic E-state index is 0.119. The summed E-state index contributed by atoms with van der Waals surface area (Å²) in [6, 6.07) is 1.61. The number of fused-ring (bicyclic) bond motifs is 1. The number of aromatic carboxylic acids is 1. The highest BCUT2D eigenvalue weighted by Crippen LogP contribution is 2.15. The number of rotatable bonds is 1. The van der Waals surface area contributed by atoms with E-state index in [0.717, 1.165) is 0 Å². The van der Waals surface area contributed by atoms with Crippen molar-refractivity contribution in [2.75, 3.05) is 0 Å². The topological polar surface area (TPSA) is 74.8 Å². The van der Waals surface area contributed by atoms with Gasteiger partial charge in [-0.25, -0.2) is 4.79 Å². The van der Waals surface area contributed by atoms with Gasteiger partial charge in [-0.3, -0.25) is 0 Å². The number of imidazole rings is 1. The highest BCUT2D eigenvalue weighted by atomic mass is 16.4. The fraction of sp³-hybridized carbons (Fsp3) is 0.111. The first-order valence-corrected chi connectivity index (χ1v) is 3.99. The lowest BCUT2D eigenvalue weighted by molar-refractivity contribution is 0.0695. The van der Waals surface area contributed by atoms with E-state index in [0.29, 0.717) is 11.2 Å². The molecule has 0 bridgehead atoms. The molecule has 0 radical (unpaired) electrons. The van der Waals surface area contributed by atoms with E-state index in [2.05, 4.69) is 4.98 Å². The molecule has 0 aliphatic carbocycles. The second-order valence-corrected chi connectivity index (χ2v) is 3.04. The minimum atomic E-state index is -0.988. The van der Waals surface area contributed by atoms with Gasteiger partial charge in [0.15, 0.2) is 0 Å². The van der Waals surface area contributed by atoms with Crippen LogP contribution in [0.15, 0.2) is 18.5 Å². The fourth-order valence-electron chi connectivity index (χ4n) is 1.34. The van der Waals surface area contributed by atoms with Gasteiger partial charge in [0.2, 0.25) is 5.88 Å². The van der Waals surface area contributed by atoms with Crippen LogP contribution in [0.5, 0.6) is 5.88 Å². The number of carboxylic acids is 1. The zero-order chi connectivity index (χ0) is 10.3. The van der Waals surface area contributed by atoms with E-state index in [4.69, 9.17) is 10.2 Å². The Morgan fingerprint density at radius 1 is 1.50 bits per heavy atom. The van der Waals surface area contributed by atoms with Gasteiger partial charge in [-0.1, -0.05) is 0 Å². The van der Waals surface area contributed by atoms with Crippen molar-refractivity contribution < 1.29 is 15.0 Å². The van der Waals surface area contributed by atoms with Gasteiger partial charge >= 0.3 is 5.97 Å². The molecule has 5 heteroatoms. The molecule has 5 nitrogen and oxygen atoms in total. The quantitative estimate of drug-likeness (QED) is 0.708. The predicted octanol–water partition coefficient (Wildman–Crippen LogP) is 1.05. The molecule has 0 fully saturated rings. The SMILES string of the molecule is Cc1cc2nc(O)cn2cc1C(=O)O. The Hall–Kier alpha value is -2.04. The molecule has 2 aromatic heterocycles. The number of pyridine rings is 1. The summed E-state index contributed by atoms with van der Waals surface area (Å²) >= 11 is 0. The molecule has 0 aliphatic heterocycles. The second-order valence-electron chi connectivity index (χ2n) is 3.04. The number of nitrogens with zero attached hydrogens (tertiary/aromatic N) is 2. The van der Waals surface area contributed by atoms with Crippen LogP contribution < -0.4 is 0 Å². The number of carboxylic acid groups (broad SMARTS) is 1. The summed E-state index contributed by atoms with van der Waals surface area (Å²) in [5, 5.41) is 17.9. The number of aryl methyl sites for hydroxylation is 1. The number of carbonyl (C=O) groups is 1. The highest BCUT2D eigenvalue weighted by Gasteiger charge is 2.09. The maximum absolute atomic E-state index is 10.8. The fourth-order valence-corrected chi connectivity index (χ4v) is 1.34. The Balaban J connectivity index is 2.76. The first-order chi connectivity index (χ1) is 6.58. The van der Waals surface area contributed by atoms with Crippen molar-refractivity contribution >= 4 is 11.6 Å². The van der Waals surface area contributed by atoms with E-state index in [1.54, 1.807) is 13.0 Å². The molecule has 2 heterocycles. The van der Waals surface area contributed by atoms with Crippen LogP contribution >= 0.6 is 0 Å². The maximum Gasteiger partial charge on any atom is 0.337 e. The van der Waals surface area contributed by atoms with Gasteiger partial charge in [-0.05, 0) is 18.6 Å². The van der Waals surface area contributed by atoms with Crippen LogP contribution in [-0.4, -0.2) is 25.6 Å². The highest BCUT2D eigenvalue weighted by molar-refractivity contribution is 5.89. The van der Waals surface area contributed by atoms with Crippen LogP contribution in [0.4, 0.5) is 0 Å². The number of aromatic hydroxyl groups is 1. The summed E-state index contributed by atoms with van der Waals surface area (Å²) in [5.41, 5.74) is 1.36. The van der Waals surface area contributed by atoms with Crippen molar-refractivity contribution in [3.8, 4) is 5.88 Å². The summed E-state index contributed by atoms with van der Waals surface area (Å²) in [6.07, 6.45) is 2.79. The molecule has 14 heavy (non-hydrogen) atoms. The average Bonchev–Trinajstić information content (AvgIpc) is 2.42. The molecule has 0 amide bonds. The van der Waals surface area contributed by atoms with Gasteiger partial charge in [0, 0.05) is 6.20 Å². The number of hydrogen-bond donors (Lipinski definition) is 2. The minimum Gasteiger partial charge on any atom is -0.492 e. The van der Waals surface area contributed by atoms with Gasteiger partial charge in [0.05, 0.1) is 11.8 Å². The molecular formula is C9H8N2O3. The van der Waals surface area contributed by atoms with E-state index in [9.17, 15) is 4.79 Å². The summed E-state index contributed by atoms with van der Waals surface area (Å²) in [5.74, 6) is -1.11. The van der Waals surface area contributed by atoms with Crippen LogP contribution in [0.3, 0.4) is 0 Å². The van der Waals surface area contributed by atoms with Gasteiger partial charge in [0.25, 0.3) is 0 Å². The summed E-state index contributed by atoms with van der Waals surface area (Å²) in [4.78, 5) is 14.6. The molecule has 0 aliphatic rings. The van der Waals surface area contributed by atoms with Gasteiger partial charge < -0.3 is 14.6 Å². The zero-order valence-corrected chi connectivity index (χ0v) is 7.43. The third-order valence-corrected chi connectivity index (χ3v) is 2.02. The Morgan fingerprint density at radius 2 is 2.21 bits per heavy atom. The van der Waals surface area contributed by atoms with Crippen LogP contribution in [0.1, 0.15) is 15.9 Å². The van der Waals surface area contributed by atoms with Crippen LogP contribution in [0, 0.1) is 6.92 Å². The molecule has 2 N–H and O–H groups in total. The monoisotopic (exact) mass is 192 g/mol. The summed E-state index contributed by atoms with van der Waals surface area (Å²) < 4.78 is 1.48. The van der Waals surface area contributed by atoms with Crippen molar-refractivity contribution in [1.82, 2.24) is 9.38 Å². The zero-order valence-electron chi connectivity index (χ0n) is 7.43. The van der Waals surface area contributed by atoms with Crippen molar-refractivity contribution in [2.24, 2.45) is 0 Å². The Morgan fingerprint density at radius 3 is 2.86 bits per heavy atom. The number of hydrogen-bond acceptors (Lipinski definition) is 3. The Kier molecular flexibility index (Phi) is 1.67. The van der Waals surface area contributed by atoms with Crippen molar-refractivity contribution in [3.05, 3.63) is 29.6 Å². The third-order valence-electron chi connectivity index (χ3n) is 2.02. The van der Waals surface area contributed by atoms with Gasteiger partial charge in [-0.15, -0.1) is 0 Å². The first kappa shape index (κ1) is 8.55. The largest absolute Gasteiger partial charge is 0.492 e. The molecule has 0 aromatic carbocycles. The smallest absolute Gasteiger partial charge is 0.337 e. The molecule has 2 aromatic rings. The van der Waals surface area contributed by atoms with Crippen LogP contribution in [0.25, 0.3) is 5.65 Å². The van der Waals surface area contributed by atoms with Crippen molar-refractivity contribution in [2.45, 2.75) is 6.92 Å². The molecule has 0 saturated heterocycles. The van der Waals surface area contributed by atoms with Crippen LogP contribution in [0.2, 0.25) is 0 Å². The van der Waals surface area contributed by atoms with E-state index in [1.807, 2.05) is 0 Å². The van der Waals surface area contributed by atoms with E-state index >= 15 is 0 Å². The first-order valence-electron chi connectivity index (χ1n) is 3.99. The van der Waals surface area contributed by atoms with E-state index in [1.165, 1.54) is 16.8 Å². The third kappa shape index (κ3) is 1.19. The standard InChI is InChI=1S/C9H8N2O3/c1-5-2-7-10-8(12)4-11(7)3-6(5)9(13)14/h2-4,12H,1H3,(H,13,14). The van der Waals surface area contributed by atoms with Crippen molar-refractivity contribution in [1.29, 1.82) is 0 Å². The Bertz CT molecular complexity index is 516. The summed E-state index contributed by atoms with van der Waals surface area (Å²) in [6.45, 7) is 1.69. The lowest BCUT2D eigenvalue weighted by atomic mass is 10.1. The normalized spacial score (nSPS) is 10.6. The van der Waals surface area contributed by atoms with Gasteiger partial charge in [0.1, 0.15) is 5.65 Å².